The summed E-state index contributed by atoms with van der Waals surface area (Å²) in [5, 5.41) is 12.9. The maximum absolute atomic E-state index is 13.0. The lowest BCUT2D eigenvalue weighted by Crippen LogP contribution is -2.00. The predicted octanol–water partition coefficient (Wildman–Crippen LogP) is 2.08. The molecule has 2 rings (SSSR count). The van der Waals surface area contributed by atoms with Gasteiger partial charge in [-0.15, -0.1) is 0 Å². The van der Waals surface area contributed by atoms with Crippen LogP contribution in [0.3, 0.4) is 0 Å². The Kier molecular flexibility index (Phi) is 2.91. The Morgan fingerprint density at radius 1 is 1.53 bits per heavy atom. The summed E-state index contributed by atoms with van der Waals surface area (Å²) in [7, 11) is 0. The van der Waals surface area contributed by atoms with Crippen LogP contribution in [-0.4, -0.2) is 20.9 Å². The molecule has 0 atom stereocenters. The molecule has 0 radical (unpaired) electrons. The van der Waals surface area contributed by atoms with Crippen LogP contribution in [0.15, 0.2) is 30.5 Å². The van der Waals surface area contributed by atoms with Crippen molar-refractivity contribution in [3.8, 4) is 0 Å². The van der Waals surface area contributed by atoms with Crippen LogP contribution in [-0.2, 0) is 6.54 Å². The number of carbonyl (C=O) groups is 1. The van der Waals surface area contributed by atoms with Gasteiger partial charge in [0.25, 0.3) is 0 Å². The van der Waals surface area contributed by atoms with E-state index in [1.165, 1.54) is 23.0 Å². The summed E-state index contributed by atoms with van der Waals surface area (Å²) in [5.74, 6) is -1.32. The van der Waals surface area contributed by atoms with E-state index in [9.17, 15) is 9.18 Å². The van der Waals surface area contributed by atoms with Crippen molar-refractivity contribution in [2.75, 3.05) is 0 Å². The molecule has 0 spiro atoms. The second kappa shape index (κ2) is 4.37. The van der Waals surface area contributed by atoms with E-state index in [0.29, 0.717) is 12.2 Å². The van der Waals surface area contributed by atoms with Gasteiger partial charge >= 0.3 is 5.97 Å². The molecule has 5 heteroatoms. The van der Waals surface area contributed by atoms with E-state index < -0.39 is 5.97 Å². The van der Waals surface area contributed by atoms with Gasteiger partial charge in [-0.2, -0.15) is 5.10 Å². The Morgan fingerprint density at radius 2 is 2.29 bits per heavy atom. The van der Waals surface area contributed by atoms with Crippen LogP contribution in [0.25, 0.3) is 0 Å². The predicted molar refractivity (Wildman–Crippen MR) is 59.4 cm³/mol. The second-order valence-corrected chi connectivity index (χ2v) is 3.76. The average molecular weight is 234 g/mol. The molecule has 1 heterocycles. The minimum atomic E-state index is -1.01. The van der Waals surface area contributed by atoms with Crippen molar-refractivity contribution in [2.45, 2.75) is 13.5 Å². The Balaban J connectivity index is 2.25. The number of hydrogen-bond acceptors (Lipinski definition) is 2. The SMILES string of the molecule is Cc1nn(Cc2cccc(F)c2)cc1C(=O)O. The summed E-state index contributed by atoms with van der Waals surface area (Å²) in [6.07, 6.45) is 1.45. The van der Waals surface area contributed by atoms with Crippen molar-refractivity contribution in [1.82, 2.24) is 9.78 Å². The van der Waals surface area contributed by atoms with Gasteiger partial charge in [-0.25, -0.2) is 9.18 Å². The van der Waals surface area contributed by atoms with Crippen molar-refractivity contribution in [2.24, 2.45) is 0 Å². The molecular formula is C12H11FN2O2. The summed E-state index contributed by atoms with van der Waals surface area (Å²) >= 11 is 0. The van der Waals surface area contributed by atoms with Gasteiger partial charge in [-0.05, 0) is 24.6 Å². The molecule has 17 heavy (non-hydrogen) atoms. The number of aromatic carboxylic acids is 1. The molecule has 1 aromatic heterocycles. The second-order valence-electron chi connectivity index (χ2n) is 3.76. The third kappa shape index (κ3) is 2.50. The summed E-state index contributed by atoms with van der Waals surface area (Å²) in [4.78, 5) is 10.8. The molecule has 0 fully saturated rings. The summed E-state index contributed by atoms with van der Waals surface area (Å²) in [6, 6.07) is 6.14. The molecular weight excluding hydrogens is 223 g/mol. The fourth-order valence-electron chi connectivity index (χ4n) is 1.63. The largest absolute Gasteiger partial charge is 0.478 e. The molecule has 0 amide bonds. The molecule has 1 N–H and O–H groups in total. The van der Waals surface area contributed by atoms with Gasteiger partial charge in [0.15, 0.2) is 0 Å². The maximum atomic E-state index is 13.0. The number of halogens is 1. The Morgan fingerprint density at radius 3 is 2.88 bits per heavy atom. The maximum Gasteiger partial charge on any atom is 0.339 e. The van der Waals surface area contributed by atoms with Gasteiger partial charge in [-0.3, -0.25) is 4.68 Å². The average Bonchev–Trinajstić information content (AvgIpc) is 2.59. The fourth-order valence-corrected chi connectivity index (χ4v) is 1.63. The zero-order chi connectivity index (χ0) is 12.4. The third-order valence-corrected chi connectivity index (χ3v) is 2.41. The zero-order valence-corrected chi connectivity index (χ0v) is 9.22. The van der Waals surface area contributed by atoms with Gasteiger partial charge in [0.2, 0.25) is 0 Å². The Labute approximate surface area is 97.3 Å². The van der Waals surface area contributed by atoms with E-state index in [0.717, 1.165) is 5.56 Å². The first-order valence-corrected chi connectivity index (χ1v) is 5.08. The molecule has 0 aliphatic rings. The molecule has 0 bridgehead atoms. The van der Waals surface area contributed by atoms with Gasteiger partial charge in [0, 0.05) is 6.20 Å². The molecule has 1 aromatic carbocycles. The van der Waals surface area contributed by atoms with Gasteiger partial charge in [0.05, 0.1) is 12.2 Å². The topological polar surface area (TPSA) is 55.1 Å². The monoisotopic (exact) mass is 234 g/mol. The summed E-state index contributed by atoms with van der Waals surface area (Å²) < 4.78 is 14.5. The number of aromatic nitrogens is 2. The summed E-state index contributed by atoms with van der Waals surface area (Å²) in [5.41, 5.74) is 1.36. The molecule has 0 unspecified atom stereocenters. The minimum absolute atomic E-state index is 0.168. The Bertz CT molecular complexity index is 563. The van der Waals surface area contributed by atoms with Crippen molar-refractivity contribution in [3.63, 3.8) is 0 Å². The molecule has 4 nitrogen and oxygen atoms in total. The van der Waals surface area contributed by atoms with E-state index in [4.69, 9.17) is 5.11 Å². The van der Waals surface area contributed by atoms with Crippen LogP contribution in [0.1, 0.15) is 21.6 Å². The van der Waals surface area contributed by atoms with Crippen LogP contribution in [0.5, 0.6) is 0 Å². The van der Waals surface area contributed by atoms with Gasteiger partial charge in [0.1, 0.15) is 11.4 Å². The first kappa shape index (κ1) is 11.3. The number of hydrogen-bond donors (Lipinski definition) is 1. The first-order chi connectivity index (χ1) is 8.06. The van der Waals surface area contributed by atoms with E-state index in [1.54, 1.807) is 19.1 Å². The van der Waals surface area contributed by atoms with Crippen molar-refractivity contribution in [3.05, 3.63) is 53.1 Å². The lowest BCUT2D eigenvalue weighted by molar-refractivity contribution is 0.0696. The van der Waals surface area contributed by atoms with Crippen LogP contribution in [0.2, 0.25) is 0 Å². The quantitative estimate of drug-likeness (QED) is 0.884. The molecule has 0 saturated heterocycles. The molecule has 88 valence electrons. The van der Waals surface area contributed by atoms with Crippen LogP contribution >= 0.6 is 0 Å². The van der Waals surface area contributed by atoms with E-state index in [2.05, 4.69) is 5.10 Å². The van der Waals surface area contributed by atoms with Crippen molar-refractivity contribution >= 4 is 5.97 Å². The fraction of sp³-hybridized carbons (Fsp3) is 0.167. The molecule has 0 aliphatic heterocycles. The van der Waals surface area contributed by atoms with Crippen molar-refractivity contribution in [1.29, 1.82) is 0 Å². The Hall–Kier alpha value is -2.17. The highest BCUT2D eigenvalue weighted by molar-refractivity contribution is 5.88. The molecule has 0 saturated carbocycles. The molecule has 0 aliphatic carbocycles. The smallest absolute Gasteiger partial charge is 0.339 e. The third-order valence-electron chi connectivity index (χ3n) is 2.41. The highest BCUT2D eigenvalue weighted by atomic mass is 19.1. The zero-order valence-electron chi connectivity index (χ0n) is 9.22. The number of carboxylic acids is 1. The normalized spacial score (nSPS) is 10.5. The lowest BCUT2D eigenvalue weighted by Gasteiger charge is -2.01. The highest BCUT2D eigenvalue weighted by Crippen LogP contribution is 2.09. The van der Waals surface area contributed by atoms with E-state index >= 15 is 0 Å². The van der Waals surface area contributed by atoms with E-state index in [-0.39, 0.29) is 11.4 Å². The number of aryl methyl sites for hydroxylation is 1. The number of rotatable bonds is 3. The standard InChI is InChI=1S/C12H11FN2O2/c1-8-11(12(16)17)7-15(14-8)6-9-3-2-4-10(13)5-9/h2-5,7H,6H2,1H3,(H,16,17). The summed E-state index contributed by atoms with van der Waals surface area (Å²) in [6.45, 7) is 1.98. The van der Waals surface area contributed by atoms with Gasteiger partial charge < -0.3 is 5.11 Å². The minimum Gasteiger partial charge on any atom is -0.478 e. The number of benzene rings is 1. The van der Waals surface area contributed by atoms with Crippen LogP contribution in [0.4, 0.5) is 4.39 Å². The first-order valence-electron chi connectivity index (χ1n) is 5.08. The number of nitrogens with zero attached hydrogens (tertiary/aromatic N) is 2. The molecule has 2 aromatic rings. The number of carboxylic acid groups (broad SMARTS) is 1. The van der Waals surface area contributed by atoms with Crippen LogP contribution < -0.4 is 0 Å². The lowest BCUT2D eigenvalue weighted by atomic mass is 10.2. The van der Waals surface area contributed by atoms with Gasteiger partial charge in [-0.1, -0.05) is 12.1 Å². The van der Waals surface area contributed by atoms with E-state index in [1.807, 2.05) is 0 Å². The van der Waals surface area contributed by atoms with Crippen molar-refractivity contribution < 1.29 is 14.3 Å². The highest BCUT2D eigenvalue weighted by Gasteiger charge is 2.11. The van der Waals surface area contributed by atoms with Crippen LogP contribution in [0, 0.1) is 12.7 Å².